The number of piperidine rings is 1. The minimum Gasteiger partial charge on any atom is -0.340 e. The molecular formula is C17H20FN3O2S. The maximum atomic E-state index is 14.2. The molecule has 2 heterocycles. The van der Waals surface area contributed by atoms with Gasteiger partial charge in [-0.25, -0.2) is 4.39 Å². The zero-order valence-corrected chi connectivity index (χ0v) is 14.6. The van der Waals surface area contributed by atoms with E-state index >= 15 is 0 Å². The monoisotopic (exact) mass is 349 g/mol. The predicted molar refractivity (Wildman–Crippen MR) is 89.5 cm³/mol. The molecule has 1 atom stereocenters. The maximum absolute atomic E-state index is 14.2. The average Bonchev–Trinajstić information content (AvgIpc) is 2.99. The zero-order valence-electron chi connectivity index (χ0n) is 13.8. The summed E-state index contributed by atoms with van der Waals surface area (Å²) >= 11 is 1.39. The first-order chi connectivity index (χ1) is 11.6. The number of likely N-dealkylation sites (tertiary alicyclic amines) is 1. The van der Waals surface area contributed by atoms with Crippen LogP contribution in [0.1, 0.15) is 34.9 Å². The highest BCUT2D eigenvalue weighted by Gasteiger charge is 2.28. The quantitative estimate of drug-likeness (QED) is 0.793. The van der Waals surface area contributed by atoms with Gasteiger partial charge in [0.1, 0.15) is 5.82 Å². The van der Waals surface area contributed by atoms with Gasteiger partial charge in [0.05, 0.1) is 5.56 Å². The SMILES string of the molecule is CSc1cccc(F)c1C(=O)N1CCCC(Cc2noc(C)n2)C1. The van der Waals surface area contributed by atoms with E-state index in [0.717, 1.165) is 12.8 Å². The fourth-order valence-corrected chi connectivity index (χ4v) is 3.74. The van der Waals surface area contributed by atoms with Crippen LogP contribution >= 0.6 is 11.8 Å². The van der Waals surface area contributed by atoms with Crippen LogP contribution < -0.4 is 0 Å². The molecule has 1 saturated heterocycles. The number of aromatic nitrogens is 2. The molecule has 0 aliphatic carbocycles. The lowest BCUT2D eigenvalue weighted by atomic mass is 9.94. The first-order valence-electron chi connectivity index (χ1n) is 7.99. The Morgan fingerprint density at radius 1 is 1.50 bits per heavy atom. The second kappa shape index (κ2) is 7.34. The summed E-state index contributed by atoms with van der Waals surface area (Å²) in [5, 5.41) is 3.93. The van der Waals surface area contributed by atoms with Crippen LogP contribution in [0, 0.1) is 18.7 Å². The van der Waals surface area contributed by atoms with Crippen molar-refractivity contribution in [3.63, 3.8) is 0 Å². The number of carbonyl (C=O) groups is 1. The number of carbonyl (C=O) groups excluding carboxylic acids is 1. The van der Waals surface area contributed by atoms with Crippen LogP contribution in [-0.2, 0) is 6.42 Å². The third-order valence-electron chi connectivity index (χ3n) is 4.26. The fraction of sp³-hybridized carbons (Fsp3) is 0.471. The molecule has 1 aliphatic rings. The van der Waals surface area contributed by atoms with Gasteiger partial charge in [0.15, 0.2) is 5.82 Å². The van der Waals surface area contributed by atoms with Crippen LogP contribution in [0.3, 0.4) is 0 Å². The average molecular weight is 349 g/mol. The van der Waals surface area contributed by atoms with Crippen molar-refractivity contribution >= 4 is 17.7 Å². The van der Waals surface area contributed by atoms with Crippen molar-refractivity contribution in [2.75, 3.05) is 19.3 Å². The van der Waals surface area contributed by atoms with E-state index in [9.17, 15) is 9.18 Å². The summed E-state index contributed by atoms with van der Waals surface area (Å²) in [5.74, 6) is 0.797. The molecule has 1 aliphatic heterocycles. The molecule has 7 heteroatoms. The molecule has 1 aromatic carbocycles. The van der Waals surface area contributed by atoms with Gasteiger partial charge >= 0.3 is 0 Å². The Bertz CT molecular complexity index is 734. The molecule has 1 unspecified atom stereocenters. The Hall–Kier alpha value is -1.89. The van der Waals surface area contributed by atoms with Crippen molar-refractivity contribution in [3.05, 3.63) is 41.3 Å². The fourth-order valence-electron chi connectivity index (χ4n) is 3.14. The third kappa shape index (κ3) is 3.61. The van der Waals surface area contributed by atoms with Crippen LogP contribution in [0.15, 0.2) is 27.6 Å². The lowest BCUT2D eigenvalue weighted by molar-refractivity contribution is 0.0663. The molecule has 1 aromatic heterocycles. The third-order valence-corrected chi connectivity index (χ3v) is 5.04. The highest BCUT2D eigenvalue weighted by Crippen LogP contribution is 2.27. The van der Waals surface area contributed by atoms with E-state index in [2.05, 4.69) is 10.1 Å². The second-order valence-electron chi connectivity index (χ2n) is 6.01. The number of hydrogen-bond donors (Lipinski definition) is 0. The Kier molecular flexibility index (Phi) is 5.18. The van der Waals surface area contributed by atoms with Gasteiger partial charge in [0.25, 0.3) is 5.91 Å². The molecule has 0 N–H and O–H groups in total. The summed E-state index contributed by atoms with van der Waals surface area (Å²) in [6.45, 7) is 3.01. The van der Waals surface area contributed by atoms with Gasteiger partial charge in [-0.05, 0) is 37.1 Å². The van der Waals surface area contributed by atoms with Gasteiger partial charge in [-0.2, -0.15) is 4.98 Å². The molecular weight excluding hydrogens is 329 g/mol. The zero-order chi connectivity index (χ0) is 17.1. The van der Waals surface area contributed by atoms with Gasteiger partial charge in [0, 0.05) is 31.3 Å². The molecule has 0 radical (unpaired) electrons. The molecule has 0 spiro atoms. The van der Waals surface area contributed by atoms with Gasteiger partial charge in [-0.15, -0.1) is 11.8 Å². The van der Waals surface area contributed by atoms with Crippen LogP contribution in [0.2, 0.25) is 0 Å². The van der Waals surface area contributed by atoms with Gasteiger partial charge in [-0.1, -0.05) is 11.2 Å². The molecule has 5 nitrogen and oxygen atoms in total. The predicted octanol–water partition coefficient (Wildman–Crippen LogP) is 3.33. The second-order valence-corrected chi connectivity index (χ2v) is 6.86. The largest absolute Gasteiger partial charge is 0.340 e. The lowest BCUT2D eigenvalue weighted by Crippen LogP contribution is -2.41. The van der Waals surface area contributed by atoms with E-state index in [1.807, 2.05) is 6.26 Å². The van der Waals surface area contributed by atoms with Crippen LogP contribution in [0.5, 0.6) is 0 Å². The number of thioether (sulfide) groups is 1. The van der Waals surface area contributed by atoms with Crippen molar-refractivity contribution in [2.45, 2.75) is 31.1 Å². The van der Waals surface area contributed by atoms with Crippen molar-refractivity contribution in [1.29, 1.82) is 0 Å². The molecule has 1 amide bonds. The molecule has 0 saturated carbocycles. The van der Waals surface area contributed by atoms with Crippen LogP contribution in [0.25, 0.3) is 0 Å². The summed E-state index contributed by atoms with van der Waals surface area (Å²) in [4.78, 5) is 19.5. The topological polar surface area (TPSA) is 59.2 Å². The van der Waals surface area contributed by atoms with Gasteiger partial charge in [0.2, 0.25) is 5.89 Å². The highest BCUT2D eigenvalue weighted by molar-refractivity contribution is 7.98. The summed E-state index contributed by atoms with van der Waals surface area (Å²) in [5.41, 5.74) is 0.182. The van der Waals surface area contributed by atoms with E-state index in [4.69, 9.17) is 4.52 Å². The lowest BCUT2D eigenvalue weighted by Gasteiger charge is -2.32. The molecule has 3 rings (SSSR count). The number of rotatable bonds is 4. The highest BCUT2D eigenvalue weighted by atomic mass is 32.2. The van der Waals surface area contributed by atoms with Crippen molar-refractivity contribution < 1.29 is 13.7 Å². The number of hydrogen-bond acceptors (Lipinski definition) is 5. The van der Waals surface area contributed by atoms with E-state index in [1.165, 1.54) is 17.8 Å². The number of aryl methyl sites for hydroxylation is 1. The Morgan fingerprint density at radius 3 is 3.04 bits per heavy atom. The summed E-state index contributed by atoms with van der Waals surface area (Å²) in [7, 11) is 0. The number of benzene rings is 1. The number of nitrogens with zero attached hydrogens (tertiary/aromatic N) is 3. The Labute approximate surface area is 144 Å². The molecule has 24 heavy (non-hydrogen) atoms. The Morgan fingerprint density at radius 2 is 2.33 bits per heavy atom. The summed E-state index contributed by atoms with van der Waals surface area (Å²) in [6, 6.07) is 4.76. The number of amides is 1. The standard InChI is InChI=1S/C17H20FN3O2S/c1-11-19-15(20-23-11)9-12-5-4-8-21(10-12)17(22)16-13(18)6-3-7-14(16)24-2/h3,6-7,12H,4-5,8-10H2,1-2H3. The maximum Gasteiger partial charge on any atom is 0.257 e. The van der Waals surface area contributed by atoms with Crippen molar-refractivity contribution in [1.82, 2.24) is 15.0 Å². The van der Waals surface area contributed by atoms with E-state index in [-0.39, 0.29) is 17.4 Å². The molecule has 2 aromatic rings. The smallest absolute Gasteiger partial charge is 0.257 e. The van der Waals surface area contributed by atoms with E-state index in [0.29, 0.717) is 36.1 Å². The minimum absolute atomic E-state index is 0.182. The Balaban J connectivity index is 1.73. The van der Waals surface area contributed by atoms with Crippen LogP contribution in [0.4, 0.5) is 4.39 Å². The van der Waals surface area contributed by atoms with Crippen LogP contribution in [-0.4, -0.2) is 40.3 Å². The van der Waals surface area contributed by atoms with Crippen molar-refractivity contribution in [2.24, 2.45) is 5.92 Å². The molecule has 128 valence electrons. The minimum atomic E-state index is -0.456. The van der Waals surface area contributed by atoms with E-state index < -0.39 is 5.82 Å². The molecule has 1 fully saturated rings. The number of halogens is 1. The molecule has 0 bridgehead atoms. The van der Waals surface area contributed by atoms with Gasteiger partial charge < -0.3 is 9.42 Å². The first-order valence-corrected chi connectivity index (χ1v) is 9.22. The van der Waals surface area contributed by atoms with Crippen molar-refractivity contribution in [3.8, 4) is 0 Å². The van der Waals surface area contributed by atoms with Gasteiger partial charge in [-0.3, -0.25) is 4.79 Å². The first kappa shape index (κ1) is 17.0. The normalized spacial score (nSPS) is 18.0. The van der Waals surface area contributed by atoms with E-state index in [1.54, 1.807) is 24.0 Å². The summed E-state index contributed by atoms with van der Waals surface area (Å²) in [6.07, 6.45) is 4.43. The summed E-state index contributed by atoms with van der Waals surface area (Å²) < 4.78 is 19.2.